The van der Waals surface area contributed by atoms with E-state index in [2.05, 4.69) is 5.32 Å². The molecule has 0 bridgehead atoms. The summed E-state index contributed by atoms with van der Waals surface area (Å²) in [4.78, 5) is 0. The van der Waals surface area contributed by atoms with Crippen molar-refractivity contribution in [2.24, 2.45) is 0 Å². The lowest BCUT2D eigenvalue weighted by Crippen LogP contribution is -2.20. The first-order valence-corrected chi connectivity index (χ1v) is 5.35. The number of para-hydroxylation sites is 1. The Balaban J connectivity index is 2.79. The van der Waals surface area contributed by atoms with Crippen LogP contribution in [0.15, 0.2) is 24.3 Å². The Kier molecular flexibility index (Phi) is 4.81. The van der Waals surface area contributed by atoms with Gasteiger partial charge >= 0.3 is 6.18 Å². The number of methoxy groups -OCH3 is 1. The summed E-state index contributed by atoms with van der Waals surface area (Å²) in [5.74, 6) is 0.606. The molecule has 0 aliphatic carbocycles. The number of rotatable bonds is 5. The molecule has 0 aliphatic heterocycles. The fourth-order valence-electron chi connectivity index (χ4n) is 1.72. The van der Waals surface area contributed by atoms with Gasteiger partial charge in [0.15, 0.2) is 0 Å². The maximum Gasteiger partial charge on any atom is 0.389 e. The fourth-order valence-corrected chi connectivity index (χ4v) is 1.72. The molecule has 0 aromatic heterocycles. The van der Waals surface area contributed by atoms with Crippen LogP contribution in [0.2, 0.25) is 0 Å². The summed E-state index contributed by atoms with van der Waals surface area (Å²) in [6, 6.07) is 6.74. The minimum Gasteiger partial charge on any atom is -0.496 e. The van der Waals surface area contributed by atoms with Crippen LogP contribution in [0.25, 0.3) is 0 Å². The number of hydrogen-bond donors (Lipinski definition) is 1. The zero-order chi connectivity index (χ0) is 12.9. The largest absolute Gasteiger partial charge is 0.496 e. The van der Waals surface area contributed by atoms with Gasteiger partial charge in [-0.25, -0.2) is 0 Å². The summed E-state index contributed by atoms with van der Waals surface area (Å²) >= 11 is 0. The second kappa shape index (κ2) is 5.91. The zero-order valence-electron chi connectivity index (χ0n) is 9.84. The molecule has 0 saturated heterocycles. The maximum absolute atomic E-state index is 12.2. The smallest absolute Gasteiger partial charge is 0.389 e. The molecule has 0 saturated carbocycles. The third-order valence-electron chi connectivity index (χ3n) is 2.58. The maximum atomic E-state index is 12.2. The van der Waals surface area contributed by atoms with E-state index in [1.165, 1.54) is 7.11 Å². The van der Waals surface area contributed by atoms with Crippen LogP contribution in [-0.4, -0.2) is 20.3 Å². The van der Waals surface area contributed by atoms with Crippen LogP contribution < -0.4 is 10.1 Å². The normalized spacial score (nSPS) is 13.5. The summed E-state index contributed by atoms with van der Waals surface area (Å²) in [5, 5.41) is 2.89. The summed E-state index contributed by atoms with van der Waals surface area (Å²) in [6.45, 7) is 0. The molecule has 0 aliphatic rings. The molecule has 1 aromatic carbocycles. The topological polar surface area (TPSA) is 21.3 Å². The number of benzene rings is 1. The van der Waals surface area contributed by atoms with E-state index >= 15 is 0 Å². The van der Waals surface area contributed by atoms with Crippen molar-refractivity contribution in [1.29, 1.82) is 0 Å². The molecule has 1 atom stereocenters. The van der Waals surface area contributed by atoms with Gasteiger partial charge in [0.1, 0.15) is 5.75 Å². The van der Waals surface area contributed by atoms with Gasteiger partial charge in [0.05, 0.1) is 7.11 Å². The van der Waals surface area contributed by atoms with Crippen LogP contribution in [0.3, 0.4) is 0 Å². The van der Waals surface area contributed by atoms with Gasteiger partial charge < -0.3 is 10.1 Å². The molecular formula is C12H16F3NO. The van der Waals surface area contributed by atoms with Crippen LogP contribution in [-0.2, 0) is 0 Å². The van der Waals surface area contributed by atoms with Crippen molar-refractivity contribution in [2.75, 3.05) is 14.2 Å². The highest BCUT2D eigenvalue weighted by atomic mass is 19.4. The van der Waals surface area contributed by atoms with E-state index in [1.807, 2.05) is 0 Å². The highest BCUT2D eigenvalue weighted by Gasteiger charge is 2.28. The molecule has 0 spiro atoms. The molecule has 0 fully saturated rings. The highest BCUT2D eigenvalue weighted by molar-refractivity contribution is 5.35. The van der Waals surface area contributed by atoms with E-state index in [1.54, 1.807) is 31.3 Å². The van der Waals surface area contributed by atoms with Crippen LogP contribution in [0, 0.1) is 0 Å². The number of nitrogens with one attached hydrogen (secondary N) is 1. The van der Waals surface area contributed by atoms with Crippen molar-refractivity contribution in [2.45, 2.75) is 25.1 Å². The van der Waals surface area contributed by atoms with Crippen molar-refractivity contribution in [3.63, 3.8) is 0 Å². The van der Waals surface area contributed by atoms with Crippen molar-refractivity contribution in [1.82, 2.24) is 5.32 Å². The zero-order valence-corrected chi connectivity index (χ0v) is 9.84. The first-order valence-electron chi connectivity index (χ1n) is 5.35. The standard InChI is InChI=1S/C12H16F3NO/c1-16-10(7-8-12(13,14)15)9-5-3-4-6-11(9)17-2/h3-6,10,16H,7-8H2,1-2H3. The average Bonchev–Trinajstić information content (AvgIpc) is 2.29. The molecule has 5 heteroatoms. The quantitative estimate of drug-likeness (QED) is 0.862. The predicted molar refractivity (Wildman–Crippen MR) is 60.1 cm³/mol. The second-order valence-corrected chi connectivity index (χ2v) is 3.74. The Morgan fingerprint density at radius 2 is 1.94 bits per heavy atom. The third-order valence-corrected chi connectivity index (χ3v) is 2.58. The Hall–Kier alpha value is -1.23. The first-order chi connectivity index (χ1) is 7.98. The molecule has 1 unspecified atom stereocenters. The van der Waals surface area contributed by atoms with E-state index in [4.69, 9.17) is 4.74 Å². The van der Waals surface area contributed by atoms with Crippen molar-refractivity contribution < 1.29 is 17.9 Å². The van der Waals surface area contributed by atoms with Crippen LogP contribution in [0.4, 0.5) is 13.2 Å². The Bertz CT molecular complexity index is 352. The number of hydrogen-bond acceptors (Lipinski definition) is 2. The minimum atomic E-state index is -4.13. The van der Waals surface area contributed by atoms with Crippen LogP contribution in [0.5, 0.6) is 5.75 Å². The van der Waals surface area contributed by atoms with E-state index < -0.39 is 12.6 Å². The number of halogens is 3. The molecule has 1 N–H and O–H groups in total. The van der Waals surface area contributed by atoms with Crippen LogP contribution in [0.1, 0.15) is 24.4 Å². The Morgan fingerprint density at radius 3 is 2.47 bits per heavy atom. The summed E-state index contributed by atoms with van der Waals surface area (Å²) in [6.07, 6.45) is -4.94. The fraction of sp³-hybridized carbons (Fsp3) is 0.500. The monoisotopic (exact) mass is 247 g/mol. The van der Waals surface area contributed by atoms with E-state index in [-0.39, 0.29) is 12.5 Å². The SMILES string of the molecule is CNC(CCC(F)(F)F)c1ccccc1OC. The molecule has 17 heavy (non-hydrogen) atoms. The van der Waals surface area contributed by atoms with Crippen LogP contribution >= 0.6 is 0 Å². The van der Waals surface area contributed by atoms with Gasteiger partial charge in [-0.2, -0.15) is 13.2 Å². The molecule has 96 valence electrons. The van der Waals surface area contributed by atoms with Gasteiger partial charge in [-0.15, -0.1) is 0 Å². The molecular weight excluding hydrogens is 231 g/mol. The lowest BCUT2D eigenvalue weighted by atomic mass is 10.0. The van der Waals surface area contributed by atoms with E-state index in [9.17, 15) is 13.2 Å². The summed E-state index contributed by atoms with van der Waals surface area (Å²) < 4.78 is 41.7. The molecule has 0 radical (unpaired) electrons. The molecule has 0 heterocycles. The van der Waals surface area contributed by atoms with E-state index in [0.29, 0.717) is 5.75 Å². The van der Waals surface area contributed by atoms with Gasteiger partial charge in [-0.05, 0) is 19.5 Å². The minimum absolute atomic E-state index is 0.000370. The molecule has 2 nitrogen and oxygen atoms in total. The lowest BCUT2D eigenvalue weighted by Gasteiger charge is -2.19. The Morgan fingerprint density at radius 1 is 1.29 bits per heavy atom. The van der Waals surface area contributed by atoms with Gasteiger partial charge in [0.2, 0.25) is 0 Å². The molecule has 0 amide bonds. The van der Waals surface area contributed by atoms with E-state index in [0.717, 1.165) is 5.56 Å². The highest BCUT2D eigenvalue weighted by Crippen LogP contribution is 2.31. The number of alkyl halides is 3. The van der Waals surface area contributed by atoms with Gasteiger partial charge in [-0.3, -0.25) is 0 Å². The molecule has 1 aromatic rings. The van der Waals surface area contributed by atoms with Crippen molar-refractivity contribution in [3.05, 3.63) is 29.8 Å². The summed E-state index contributed by atoms with van der Waals surface area (Å²) in [7, 11) is 3.16. The summed E-state index contributed by atoms with van der Waals surface area (Å²) in [5.41, 5.74) is 0.752. The van der Waals surface area contributed by atoms with Gasteiger partial charge in [-0.1, -0.05) is 18.2 Å². The van der Waals surface area contributed by atoms with Crippen molar-refractivity contribution >= 4 is 0 Å². The van der Waals surface area contributed by atoms with Gasteiger partial charge in [0, 0.05) is 18.0 Å². The Labute approximate surface area is 98.8 Å². The average molecular weight is 247 g/mol. The number of ether oxygens (including phenoxy) is 1. The lowest BCUT2D eigenvalue weighted by molar-refractivity contribution is -0.136. The van der Waals surface area contributed by atoms with Gasteiger partial charge in [0.25, 0.3) is 0 Å². The second-order valence-electron chi connectivity index (χ2n) is 3.74. The first kappa shape index (κ1) is 13.8. The van der Waals surface area contributed by atoms with Crippen molar-refractivity contribution in [3.8, 4) is 5.75 Å². The predicted octanol–water partition coefficient (Wildman–Crippen LogP) is 3.30. The third kappa shape index (κ3) is 4.26. The molecule has 1 rings (SSSR count).